The van der Waals surface area contributed by atoms with Crippen molar-refractivity contribution >= 4 is 23.4 Å². The first kappa shape index (κ1) is 41.3. The van der Waals surface area contributed by atoms with Crippen molar-refractivity contribution in [3.8, 4) is 11.5 Å². The average Bonchev–Trinajstić information content (AvgIpc) is 3.62. The van der Waals surface area contributed by atoms with Gasteiger partial charge in [-0.05, 0) is 114 Å². The van der Waals surface area contributed by atoms with Crippen molar-refractivity contribution in [3.05, 3.63) is 160 Å². The lowest BCUT2D eigenvalue weighted by Gasteiger charge is -2.36. The number of hydrogen-bond acceptors (Lipinski definition) is 7. The molecule has 1 N–H and O–H groups in total. The third-order valence-electron chi connectivity index (χ3n) is 13.0. The zero-order valence-corrected chi connectivity index (χ0v) is 34.8. The second-order valence-electron chi connectivity index (χ2n) is 17.1. The van der Waals surface area contributed by atoms with Crippen LogP contribution in [0.2, 0.25) is 0 Å². The molecular weight excluding hydrogens is 787 g/mol. The van der Waals surface area contributed by atoms with Gasteiger partial charge in [0.2, 0.25) is 11.8 Å². The minimum absolute atomic E-state index is 0.0959. The molecule has 2 fully saturated rings. The number of anilines is 1. The molecule has 3 heterocycles. The van der Waals surface area contributed by atoms with E-state index in [-0.39, 0.29) is 36.5 Å². The van der Waals surface area contributed by atoms with E-state index in [1.54, 1.807) is 4.90 Å². The van der Waals surface area contributed by atoms with Gasteiger partial charge < -0.3 is 19.3 Å². The monoisotopic (exact) mass is 838 g/mol. The fraction of sp³-hybridized carbons (Fsp3) is 0.353. The van der Waals surface area contributed by atoms with Crippen LogP contribution in [0.3, 0.4) is 0 Å². The molecule has 2 unspecified atom stereocenters. The molecule has 5 aromatic rings. The Labute approximate surface area is 361 Å². The Morgan fingerprint density at radius 1 is 0.710 bits per heavy atom. The zero-order chi connectivity index (χ0) is 42.6. The van der Waals surface area contributed by atoms with Crippen LogP contribution in [-0.2, 0) is 29.2 Å². The van der Waals surface area contributed by atoms with Crippen molar-refractivity contribution in [2.24, 2.45) is 0 Å². The third-order valence-corrected chi connectivity index (χ3v) is 13.0. The summed E-state index contributed by atoms with van der Waals surface area (Å²) in [4.78, 5) is 43.2. The van der Waals surface area contributed by atoms with Crippen LogP contribution in [0.15, 0.2) is 121 Å². The summed E-state index contributed by atoms with van der Waals surface area (Å²) >= 11 is 0. The third kappa shape index (κ3) is 9.23. The minimum atomic E-state index is -2.97. The van der Waals surface area contributed by atoms with Gasteiger partial charge in [-0.1, -0.05) is 78.9 Å². The van der Waals surface area contributed by atoms with E-state index in [9.17, 15) is 14.4 Å². The minimum Gasteiger partial charge on any atom is -0.489 e. The molecule has 1 aliphatic carbocycles. The highest BCUT2D eigenvalue weighted by Gasteiger charge is 2.39. The SMILES string of the molecule is O=C1CCC(N2Cc3cc(N4CCN(CCCC(F)(F)COc5ccc(C6c7ccc(OCc8ccccc8)cc7CC[C@@H]6c6ccccc6)cc5)CC4)ccc3C2=O)C(=O)N1. The molecule has 4 aliphatic rings. The number of halogens is 2. The molecule has 0 saturated carbocycles. The number of piperidine rings is 1. The summed E-state index contributed by atoms with van der Waals surface area (Å²) in [5, 5.41) is 2.35. The van der Waals surface area contributed by atoms with Crippen molar-refractivity contribution in [1.82, 2.24) is 15.1 Å². The molecule has 3 amide bonds. The molecule has 0 spiro atoms. The molecule has 0 radical (unpaired) electrons. The Hall–Kier alpha value is -6.07. The Balaban J connectivity index is 0.759. The van der Waals surface area contributed by atoms with Gasteiger partial charge in [-0.3, -0.25) is 24.6 Å². The second-order valence-corrected chi connectivity index (χ2v) is 17.1. The smallest absolute Gasteiger partial charge is 0.281 e. The van der Waals surface area contributed by atoms with Gasteiger partial charge in [0.25, 0.3) is 11.8 Å². The van der Waals surface area contributed by atoms with E-state index in [4.69, 9.17) is 9.47 Å². The molecular formula is C51H52F2N4O5. The zero-order valence-electron chi connectivity index (χ0n) is 34.8. The number of carbonyl (C=O) groups excluding carboxylic acids is 3. The van der Waals surface area contributed by atoms with Gasteiger partial charge in [0, 0.05) is 62.7 Å². The number of imide groups is 1. The Morgan fingerprint density at radius 2 is 1.45 bits per heavy atom. The van der Waals surface area contributed by atoms with E-state index in [0.29, 0.717) is 43.9 Å². The Morgan fingerprint density at radius 3 is 2.21 bits per heavy atom. The van der Waals surface area contributed by atoms with E-state index < -0.39 is 24.5 Å². The van der Waals surface area contributed by atoms with Crippen molar-refractivity contribution in [1.29, 1.82) is 0 Å². The average molecular weight is 839 g/mol. The van der Waals surface area contributed by atoms with Crippen molar-refractivity contribution in [2.75, 3.05) is 44.2 Å². The first-order valence-corrected chi connectivity index (χ1v) is 21.9. The van der Waals surface area contributed by atoms with Gasteiger partial charge in [0.1, 0.15) is 24.1 Å². The first-order chi connectivity index (χ1) is 30.2. The molecule has 9 rings (SSSR count). The maximum Gasteiger partial charge on any atom is 0.281 e. The molecule has 3 atom stereocenters. The number of carbonyl (C=O) groups is 3. The van der Waals surface area contributed by atoms with Crippen LogP contribution in [0.4, 0.5) is 14.5 Å². The number of nitrogens with zero attached hydrogens (tertiary/aromatic N) is 3. The summed E-state index contributed by atoms with van der Waals surface area (Å²) in [6.45, 7) is 3.70. The number of alkyl halides is 2. The van der Waals surface area contributed by atoms with E-state index in [0.717, 1.165) is 67.1 Å². The lowest BCUT2D eigenvalue weighted by atomic mass is 9.69. The second kappa shape index (κ2) is 18.1. The van der Waals surface area contributed by atoms with Gasteiger partial charge in [0.05, 0.1) is 0 Å². The van der Waals surface area contributed by atoms with Gasteiger partial charge in [-0.15, -0.1) is 0 Å². The molecule has 3 aliphatic heterocycles. The van der Waals surface area contributed by atoms with E-state index >= 15 is 8.78 Å². The summed E-state index contributed by atoms with van der Waals surface area (Å²) in [5.41, 5.74) is 8.52. The molecule has 320 valence electrons. The van der Waals surface area contributed by atoms with Gasteiger partial charge in [-0.25, -0.2) is 8.78 Å². The van der Waals surface area contributed by atoms with Crippen molar-refractivity contribution in [2.45, 2.75) is 75.5 Å². The lowest BCUT2D eigenvalue weighted by molar-refractivity contribution is -0.136. The first-order valence-electron chi connectivity index (χ1n) is 21.9. The van der Waals surface area contributed by atoms with Crippen LogP contribution in [0.5, 0.6) is 11.5 Å². The topological polar surface area (TPSA) is 91.4 Å². The number of amides is 3. The number of fused-ring (bicyclic) bond motifs is 2. The predicted octanol–water partition coefficient (Wildman–Crippen LogP) is 8.51. The highest BCUT2D eigenvalue weighted by atomic mass is 19.3. The van der Waals surface area contributed by atoms with Crippen LogP contribution in [-0.4, -0.2) is 78.8 Å². The van der Waals surface area contributed by atoms with Crippen LogP contribution in [0.25, 0.3) is 0 Å². The molecule has 62 heavy (non-hydrogen) atoms. The normalized spacial score (nSPS) is 20.4. The molecule has 11 heteroatoms. The highest BCUT2D eigenvalue weighted by Crippen LogP contribution is 2.47. The summed E-state index contributed by atoms with van der Waals surface area (Å²) in [7, 11) is 0. The van der Waals surface area contributed by atoms with E-state index in [1.807, 2.05) is 66.7 Å². The number of piperazine rings is 1. The van der Waals surface area contributed by atoms with Crippen molar-refractivity contribution in [3.63, 3.8) is 0 Å². The summed E-state index contributed by atoms with van der Waals surface area (Å²) in [5.74, 6) is -2.24. The van der Waals surface area contributed by atoms with Crippen molar-refractivity contribution < 1.29 is 32.6 Å². The molecule has 2 saturated heterocycles. The molecule has 0 bridgehead atoms. The standard InChI is InChI=1S/C51H52F2N4O5/c52-51(53,24-7-25-55-26-28-56(29-27-55)40-15-20-45-39(30-40)32-57(50(45)60)46-22-23-47(58)54-49(46)59)34-62-41-16-12-37(13-17-41)48-43(36-10-5-2-6-11-36)19-14-38-31-42(18-21-44(38)48)61-33-35-8-3-1-4-9-35/h1-6,8-13,15-18,20-21,30-31,43,46,48H,7,14,19,22-29,32-34H2,(H,54,58,59)/t43-,46?,48?/m1/s1. The summed E-state index contributed by atoms with van der Waals surface area (Å²) in [6, 6.07) is 40.0. The van der Waals surface area contributed by atoms with E-state index in [2.05, 4.69) is 69.7 Å². The number of nitrogens with one attached hydrogen (secondary N) is 1. The van der Waals surface area contributed by atoms with Gasteiger partial charge in [0.15, 0.2) is 6.61 Å². The number of ether oxygens (including phenoxy) is 2. The summed E-state index contributed by atoms with van der Waals surface area (Å²) in [6.07, 6.45) is 2.56. The Kier molecular flexibility index (Phi) is 12.1. The van der Waals surface area contributed by atoms with Crippen LogP contribution >= 0.6 is 0 Å². The molecule has 0 aromatic heterocycles. The molecule has 9 nitrogen and oxygen atoms in total. The van der Waals surface area contributed by atoms with Crippen LogP contribution < -0.4 is 19.7 Å². The van der Waals surface area contributed by atoms with E-state index in [1.165, 1.54) is 16.7 Å². The van der Waals surface area contributed by atoms with Gasteiger partial charge in [-0.2, -0.15) is 0 Å². The largest absolute Gasteiger partial charge is 0.489 e. The fourth-order valence-electron chi connectivity index (χ4n) is 9.68. The number of aryl methyl sites for hydroxylation is 1. The molecule has 5 aromatic carbocycles. The fourth-order valence-corrected chi connectivity index (χ4v) is 9.68. The van der Waals surface area contributed by atoms with Gasteiger partial charge >= 0.3 is 0 Å². The highest BCUT2D eigenvalue weighted by molar-refractivity contribution is 6.05. The predicted molar refractivity (Wildman–Crippen MR) is 234 cm³/mol. The van der Waals surface area contributed by atoms with Crippen LogP contribution in [0, 0.1) is 0 Å². The number of benzene rings is 5. The maximum atomic E-state index is 15.2. The quantitative estimate of drug-likeness (QED) is 0.112. The number of hydrogen-bond donors (Lipinski definition) is 1. The Bertz CT molecular complexity index is 2390. The maximum absolute atomic E-state index is 15.2. The number of rotatable bonds is 14. The lowest BCUT2D eigenvalue weighted by Crippen LogP contribution is -2.52. The summed E-state index contributed by atoms with van der Waals surface area (Å²) < 4.78 is 42.3. The van der Waals surface area contributed by atoms with Crippen LogP contribution in [0.1, 0.15) is 87.7 Å².